The number of halogens is 1. The van der Waals surface area contributed by atoms with E-state index in [1.165, 1.54) is 6.92 Å². The Bertz CT molecular complexity index is 2920. The molecule has 4 rings (SSSR count). The molecular formula is C29H26IN5Na5O22PS6. The van der Waals surface area contributed by atoms with Gasteiger partial charge in [0.25, 0.3) is 0 Å². The number of ether oxygens (including phenoxy) is 1. The number of benzene rings is 4. The number of aromatic carboxylic acids is 1. The van der Waals surface area contributed by atoms with Crippen LogP contribution in [-0.4, -0.2) is 85.7 Å². The summed E-state index contributed by atoms with van der Waals surface area (Å²) in [6, 6.07) is 6.17. The van der Waals surface area contributed by atoms with Gasteiger partial charge < -0.3 is 45.1 Å². The molecule has 0 bridgehead atoms. The van der Waals surface area contributed by atoms with E-state index in [-0.39, 0.29) is 195 Å². The van der Waals surface area contributed by atoms with E-state index in [9.17, 15) is 68.3 Å². The maximum Gasteiger partial charge on any atom is 1.00 e. The Kier molecular flexibility index (Phi) is 37.1. The van der Waals surface area contributed by atoms with Gasteiger partial charge in [0.15, 0.2) is 37.7 Å². The minimum Gasteiger partial charge on any atom is -0.744 e. The summed E-state index contributed by atoms with van der Waals surface area (Å²) in [7, 11) is -18.2. The molecule has 0 aromatic heterocycles. The maximum absolute atomic E-state index is 12.9. The number of aromatic hydroxyl groups is 1. The number of carbonyl (C=O) groups excluding carboxylic acids is 1. The maximum atomic E-state index is 12.9. The first-order chi connectivity index (χ1) is 29.9. The number of nitrogens with two attached hydrogens (primary N) is 1. The predicted molar refractivity (Wildman–Crippen MR) is 222 cm³/mol. The summed E-state index contributed by atoms with van der Waals surface area (Å²) >= 11 is 2.17. The second kappa shape index (κ2) is 34.3. The van der Waals surface area contributed by atoms with Gasteiger partial charge in [0.2, 0.25) is 10.4 Å². The van der Waals surface area contributed by atoms with E-state index in [4.69, 9.17) is 10.5 Å². The van der Waals surface area contributed by atoms with E-state index < -0.39 is 130 Å². The van der Waals surface area contributed by atoms with Gasteiger partial charge in [0.05, 0.1) is 86.2 Å². The van der Waals surface area contributed by atoms with Crippen LogP contribution in [0.4, 0.5) is 28.4 Å². The fourth-order valence-electron chi connectivity index (χ4n) is 5.10. The number of methoxy groups -OCH3 is 1. The molecule has 0 saturated carbocycles. The van der Waals surface area contributed by atoms with Crippen LogP contribution in [0.1, 0.15) is 15.9 Å². The molecule has 352 valence electrons. The van der Waals surface area contributed by atoms with Crippen molar-refractivity contribution in [1.82, 2.24) is 0 Å². The second-order valence-corrected chi connectivity index (χ2v) is 19.4. The monoisotopic (exact) mass is 1260 g/mol. The molecule has 1 atom stereocenters. The molecule has 0 aliphatic carbocycles. The molecule has 1 unspecified atom stereocenters. The largest absolute Gasteiger partial charge is 1.00 e. The van der Waals surface area contributed by atoms with Gasteiger partial charge >= 0.3 is 148 Å². The van der Waals surface area contributed by atoms with Crippen LogP contribution >= 0.6 is 53.3 Å². The number of hydrogen-bond acceptors (Lipinski definition) is 29. The minimum absolute atomic E-state index is 0. The van der Waals surface area contributed by atoms with Gasteiger partial charge in [-0.3, -0.25) is 18.4 Å². The van der Waals surface area contributed by atoms with Crippen LogP contribution in [-0.2, 0) is 67.3 Å². The summed E-state index contributed by atoms with van der Waals surface area (Å²) in [5.41, 5.74) is 2.24. The van der Waals surface area contributed by atoms with Gasteiger partial charge in [-0.1, -0.05) is 28.9 Å². The molecule has 0 heterocycles. The van der Waals surface area contributed by atoms with Crippen LogP contribution in [0.5, 0.6) is 11.5 Å². The van der Waals surface area contributed by atoms with Crippen molar-refractivity contribution in [2.75, 3.05) is 37.6 Å². The number of azo groups is 2. The number of phenols is 1. The van der Waals surface area contributed by atoms with Crippen molar-refractivity contribution in [1.29, 1.82) is 0 Å². The van der Waals surface area contributed by atoms with Crippen LogP contribution in [0.25, 0.3) is 10.8 Å². The van der Waals surface area contributed by atoms with Crippen LogP contribution in [0, 0.1) is 6.92 Å². The number of nitrogen functional groups attached to an aromatic ring is 1. The van der Waals surface area contributed by atoms with Crippen molar-refractivity contribution in [2.24, 2.45) is 20.5 Å². The summed E-state index contributed by atoms with van der Waals surface area (Å²) in [4.78, 5) is 9.55. The number of nitrogens with zero attached hydrogens (tertiary/aromatic N) is 4. The smallest absolute Gasteiger partial charge is 0.744 e. The van der Waals surface area contributed by atoms with Crippen molar-refractivity contribution in [2.45, 2.75) is 26.5 Å². The molecule has 0 aliphatic heterocycles. The number of sulfone groups is 2. The van der Waals surface area contributed by atoms with E-state index in [1.807, 2.05) is 0 Å². The minimum atomic E-state index is -5.50. The number of rotatable bonds is 22. The van der Waals surface area contributed by atoms with Crippen molar-refractivity contribution in [3.8, 4) is 11.5 Å². The zero-order valence-corrected chi connectivity index (χ0v) is 54.9. The molecule has 3 N–H and O–H groups in total. The third kappa shape index (κ3) is 21.8. The topological polar surface area (TPSA) is 429 Å². The molecule has 0 aliphatic rings. The standard InChI is InChI=1S/C29H29N5O22S6.H2IP.5Na/c1-14-9-19(20(50-2)13-22(14)60(42,43)8-6-52-62(47,48)49)32-34-27-23(61(44,45)46)11-15-10-21(57-55-53-38)26(28(35)24(15)25(27)30)33-31-18-4-3-16(12-17(18)29(36)37)59(40,41)7-5-51-58-56-54-39;1-2;;;;;/h3-4,9-13,35,38-39H,5-8,30H2,1-2H3,(H,36,37)(H,44,45,46)(H,47,48,49);2H2;;;;;/q;;5*+1/p-5. The third-order valence-electron chi connectivity index (χ3n) is 7.73. The Morgan fingerprint density at radius 3 is 1.91 bits per heavy atom. The van der Waals surface area contributed by atoms with E-state index in [0.29, 0.717) is 12.1 Å². The zero-order chi connectivity index (χ0) is 48.2. The van der Waals surface area contributed by atoms with Crippen LogP contribution in [0.2, 0.25) is 0 Å². The number of fused-ring (bicyclic) bond motifs is 1. The van der Waals surface area contributed by atoms with Crippen LogP contribution in [0.3, 0.4) is 0 Å². The molecule has 0 fully saturated rings. The normalized spacial score (nSPS) is 11.6. The molecule has 0 saturated heterocycles. The molecule has 0 amide bonds. The summed E-state index contributed by atoms with van der Waals surface area (Å²) in [5.74, 6) is -4.93. The molecule has 40 heteroatoms. The zero-order valence-electron chi connectivity index (χ0n) is 36.7. The van der Waals surface area contributed by atoms with Crippen LogP contribution in [0.15, 0.2) is 82.5 Å². The first kappa shape index (κ1) is 74.7. The van der Waals surface area contributed by atoms with E-state index in [2.05, 4.69) is 76.5 Å². The summed E-state index contributed by atoms with van der Waals surface area (Å²) in [6.07, 6.45) is 0. The Labute approximate surface area is 527 Å². The van der Waals surface area contributed by atoms with Gasteiger partial charge in [-0.05, 0) is 54.3 Å². The Morgan fingerprint density at radius 2 is 1.36 bits per heavy atom. The van der Waals surface area contributed by atoms with E-state index in [0.717, 1.165) is 37.4 Å². The number of anilines is 1. The molecule has 0 radical (unpaired) electrons. The van der Waals surface area contributed by atoms with Gasteiger partial charge in [-0.15, -0.1) is 24.8 Å². The first-order valence-electron chi connectivity index (χ1n) is 16.1. The second-order valence-electron chi connectivity index (χ2n) is 11.5. The van der Waals surface area contributed by atoms with Crippen molar-refractivity contribution in [3.05, 3.63) is 53.6 Å². The molecule has 69 heavy (non-hydrogen) atoms. The summed E-state index contributed by atoms with van der Waals surface area (Å²) in [5, 5.41) is 64.8. The molecule has 27 nitrogen and oxygen atoms in total. The number of phenolic OH excluding ortho intramolecular Hbond substituents is 1. The fraction of sp³-hybridized carbons (Fsp3) is 0.207. The average molecular weight is 1260 g/mol. The predicted octanol–water partition coefficient (Wildman–Crippen LogP) is -13.2. The Balaban J connectivity index is -0.00000614. The summed E-state index contributed by atoms with van der Waals surface area (Å²) in [6.45, 7) is 2.10. The number of carboxylic acids is 1. The van der Waals surface area contributed by atoms with Gasteiger partial charge in [-0.25, -0.2) is 33.7 Å². The number of aryl methyl sites for hydroxylation is 1. The quantitative estimate of drug-likeness (QED) is 0.00630. The van der Waals surface area contributed by atoms with Gasteiger partial charge in [0.1, 0.15) is 32.9 Å². The van der Waals surface area contributed by atoms with Crippen LogP contribution < -0.4 is 174 Å². The number of hydrogen-bond donors (Lipinski definition) is 2. The first-order valence-corrected chi connectivity index (χ1v) is 27.7. The van der Waals surface area contributed by atoms with Crippen molar-refractivity contribution >= 4 is 139 Å². The van der Waals surface area contributed by atoms with Gasteiger partial charge in [0, 0.05) is 11.6 Å². The number of carbonyl (C=O) groups is 1. The number of carboxylic acid groups (broad SMARTS) is 1. The SMILES string of the molecule is COc1cc(S(=O)(=O)CCOS(=O)(=O)[O-])c(C)cc1N=Nc1c(S(=O)(=O)[O-])cc2cc(SOO[O-])c(N=Nc3ccc(S(=O)(=O)CCOSOO[O-])cc3C(=O)[O-])c(O)c2c1N.PI.[Na+].[Na+].[Na+].[Na+].[Na+]. The molecular weight excluding hydrogens is 1240 g/mol. The van der Waals surface area contributed by atoms with Gasteiger partial charge in [-0.2, -0.15) is 4.33 Å². The van der Waals surface area contributed by atoms with Crippen molar-refractivity contribution < 1.29 is 248 Å². The molecule has 0 spiro atoms. The van der Waals surface area contributed by atoms with E-state index in [1.54, 1.807) is 0 Å². The van der Waals surface area contributed by atoms with E-state index >= 15 is 0 Å². The van der Waals surface area contributed by atoms with Crippen molar-refractivity contribution in [3.63, 3.8) is 0 Å². The Hall–Kier alpha value is 1.47. The fourth-order valence-corrected chi connectivity index (χ4v) is 9.43. The summed E-state index contributed by atoms with van der Waals surface area (Å²) < 4.78 is 143. The average Bonchev–Trinajstić information content (AvgIpc) is 3.21. The molecule has 4 aromatic rings. The third-order valence-corrected chi connectivity index (χ3v) is 13.5. The molecule has 4 aromatic carbocycles. The Morgan fingerprint density at radius 1 is 0.783 bits per heavy atom.